The summed E-state index contributed by atoms with van der Waals surface area (Å²) in [5.74, 6) is 0.657. The van der Waals surface area contributed by atoms with Crippen LogP contribution in [0.15, 0.2) is 89.2 Å². The Morgan fingerprint density at radius 3 is 2.51 bits per heavy atom. The van der Waals surface area contributed by atoms with Gasteiger partial charge in [-0.05, 0) is 88.2 Å². The van der Waals surface area contributed by atoms with Gasteiger partial charge in [-0.3, -0.25) is 4.79 Å². The molecule has 4 aromatic carbocycles. The first-order chi connectivity index (χ1) is 23.7. The molecule has 1 aliphatic heterocycles. The lowest BCUT2D eigenvalue weighted by molar-refractivity contribution is -0.139. The van der Waals surface area contributed by atoms with E-state index >= 15 is 0 Å². The molecule has 0 saturated carbocycles. The second-order valence-corrected chi connectivity index (χ2v) is 11.9. The van der Waals surface area contributed by atoms with E-state index in [0.29, 0.717) is 40.7 Å². The van der Waals surface area contributed by atoms with Crippen LogP contribution in [0.1, 0.15) is 36.6 Å². The van der Waals surface area contributed by atoms with Gasteiger partial charge in [0.25, 0.3) is 5.91 Å². The molecular formula is C36H35IN4O8. The van der Waals surface area contributed by atoms with E-state index in [2.05, 4.69) is 62.0 Å². The van der Waals surface area contributed by atoms with Crippen molar-refractivity contribution in [3.05, 3.63) is 104 Å². The molecule has 0 radical (unpaired) electrons. The number of rotatable bonds is 13. The number of nitrogens with one attached hydrogen (secondary N) is 3. The maximum Gasteiger partial charge on any atom is 0.338 e. The second kappa shape index (κ2) is 16.2. The highest BCUT2D eigenvalue weighted by atomic mass is 127. The monoisotopic (exact) mass is 778 g/mol. The largest absolute Gasteiger partial charge is 0.493 e. The molecule has 1 heterocycles. The van der Waals surface area contributed by atoms with Gasteiger partial charge in [0.15, 0.2) is 29.6 Å². The molecule has 0 aliphatic carbocycles. The van der Waals surface area contributed by atoms with Crippen LogP contribution in [0.2, 0.25) is 0 Å². The zero-order valence-electron chi connectivity index (χ0n) is 27.3. The van der Waals surface area contributed by atoms with Gasteiger partial charge in [-0.2, -0.15) is 5.10 Å². The maximum absolute atomic E-state index is 12.7. The molecule has 1 atom stereocenters. The van der Waals surface area contributed by atoms with Crippen LogP contribution in [0.4, 0.5) is 4.79 Å². The highest BCUT2D eigenvalue weighted by Crippen LogP contribution is 2.36. The molecule has 1 aliphatic rings. The fourth-order valence-corrected chi connectivity index (χ4v) is 6.06. The Hall–Kier alpha value is -5.31. The average molecular weight is 779 g/mol. The number of halogens is 1. The molecule has 12 nitrogen and oxygen atoms in total. The Bertz CT molecular complexity index is 1940. The number of benzene rings is 4. The first-order valence-electron chi connectivity index (χ1n) is 15.3. The first-order valence-corrected chi connectivity index (χ1v) is 16.3. The number of amides is 3. The van der Waals surface area contributed by atoms with Crippen molar-refractivity contribution in [1.29, 1.82) is 0 Å². The van der Waals surface area contributed by atoms with Crippen molar-refractivity contribution in [3.63, 3.8) is 0 Å². The van der Waals surface area contributed by atoms with E-state index in [0.717, 1.165) is 19.9 Å². The fourth-order valence-electron chi connectivity index (χ4n) is 5.28. The number of allylic oxidation sites excluding steroid dienone is 1. The Balaban J connectivity index is 1.20. The van der Waals surface area contributed by atoms with E-state index in [1.807, 2.05) is 30.3 Å². The molecule has 0 bridgehead atoms. The summed E-state index contributed by atoms with van der Waals surface area (Å²) in [6, 6.07) is 21.6. The van der Waals surface area contributed by atoms with Crippen LogP contribution in [0, 0.1) is 3.57 Å². The molecule has 0 unspecified atom stereocenters. The van der Waals surface area contributed by atoms with Crippen LogP contribution in [0.5, 0.6) is 23.0 Å². The van der Waals surface area contributed by atoms with Gasteiger partial charge in [0.05, 0.1) is 42.2 Å². The van der Waals surface area contributed by atoms with E-state index in [1.165, 1.54) is 13.3 Å². The van der Waals surface area contributed by atoms with E-state index in [9.17, 15) is 14.4 Å². The Labute approximate surface area is 296 Å². The van der Waals surface area contributed by atoms with Crippen molar-refractivity contribution in [2.75, 3.05) is 27.4 Å². The zero-order chi connectivity index (χ0) is 34.9. The average Bonchev–Trinajstić information content (AvgIpc) is 3.09. The number of carbonyl (C=O) groups is 3. The van der Waals surface area contributed by atoms with E-state index in [-0.39, 0.29) is 24.5 Å². The predicted molar refractivity (Wildman–Crippen MR) is 192 cm³/mol. The van der Waals surface area contributed by atoms with E-state index in [1.54, 1.807) is 45.2 Å². The van der Waals surface area contributed by atoms with E-state index in [4.69, 9.17) is 23.7 Å². The number of hydrazone groups is 1. The molecule has 0 saturated heterocycles. The third-order valence-electron chi connectivity index (χ3n) is 7.55. The van der Waals surface area contributed by atoms with Gasteiger partial charge in [0, 0.05) is 5.70 Å². The second-order valence-electron chi connectivity index (χ2n) is 10.7. The van der Waals surface area contributed by atoms with Gasteiger partial charge in [-0.25, -0.2) is 15.0 Å². The minimum atomic E-state index is -0.778. The number of hydrogen-bond acceptors (Lipinski definition) is 9. The SMILES string of the molecule is CCOC(=O)C1=C(C)NC(=O)N[C@@H]1c1ccc(OCC(=O)N/N=C\c2cc(I)c(OCc3cccc4ccccc34)c(OC)c2)c(OC)c1. The molecule has 5 rings (SSSR count). The minimum Gasteiger partial charge on any atom is -0.493 e. The van der Waals surface area contributed by atoms with Crippen molar-refractivity contribution >= 4 is 57.5 Å². The minimum absolute atomic E-state index is 0.181. The normalized spacial score (nSPS) is 14.2. The summed E-state index contributed by atoms with van der Waals surface area (Å²) in [4.78, 5) is 37.4. The van der Waals surface area contributed by atoms with Crippen molar-refractivity contribution < 1.29 is 38.1 Å². The van der Waals surface area contributed by atoms with Crippen LogP contribution < -0.4 is 35.0 Å². The third kappa shape index (κ3) is 8.41. The highest BCUT2D eigenvalue weighted by molar-refractivity contribution is 14.1. The van der Waals surface area contributed by atoms with Crippen LogP contribution in [0.25, 0.3) is 10.8 Å². The summed E-state index contributed by atoms with van der Waals surface area (Å²) in [6.45, 7) is 3.52. The van der Waals surface area contributed by atoms with Crippen molar-refractivity contribution in [2.24, 2.45) is 5.10 Å². The van der Waals surface area contributed by atoms with Gasteiger partial charge in [-0.15, -0.1) is 0 Å². The van der Waals surface area contributed by atoms with Gasteiger partial charge in [-0.1, -0.05) is 48.5 Å². The number of ether oxygens (including phenoxy) is 5. The molecule has 49 heavy (non-hydrogen) atoms. The standard InChI is InChI=1S/C36H35IN4O8/c1-5-47-35(43)32-21(2)39-36(44)40-33(32)24-13-14-28(29(17-24)45-3)48-20-31(42)41-38-18-22-15-27(37)34(30(16-22)46-4)49-19-25-11-8-10-23-9-6-7-12-26(23)25/h6-18,33H,5,19-20H2,1-4H3,(H,41,42)(H2,39,40,44)/b38-18-/t33-/m1/s1. The number of carbonyl (C=O) groups excluding carboxylic acids is 3. The molecular weight excluding hydrogens is 743 g/mol. The Morgan fingerprint density at radius 2 is 1.73 bits per heavy atom. The maximum atomic E-state index is 12.7. The van der Waals surface area contributed by atoms with Crippen LogP contribution in [-0.4, -0.2) is 51.6 Å². The summed E-state index contributed by atoms with van der Waals surface area (Å²) in [6.07, 6.45) is 1.50. The number of fused-ring (bicyclic) bond motifs is 1. The quantitative estimate of drug-likeness (QED) is 0.0673. The summed E-state index contributed by atoms with van der Waals surface area (Å²) in [5, 5.41) is 11.7. The molecule has 0 fully saturated rings. The summed E-state index contributed by atoms with van der Waals surface area (Å²) < 4.78 is 29.0. The summed E-state index contributed by atoms with van der Waals surface area (Å²) in [7, 11) is 3.01. The third-order valence-corrected chi connectivity index (χ3v) is 8.35. The van der Waals surface area contributed by atoms with Gasteiger partial charge >= 0.3 is 12.0 Å². The number of urea groups is 1. The summed E-state index contributed by atoms with van der Waals surface area (Å²) >= 11 is 2.18. The molecule has 3 N–H and O–H groups in total. The molecule has 4 aromatic rings. The van der Waals surface area contributed by atoms with Gasteiger partial charge in [0.2, 0.25) is 0 Å². The molecule has 3 amide bonds. The van der Waals surface area contributed by atoms with Crippen LogP contribution >= 0.6 is 22.6 Å². The Kier molecular flexibility index (Phi) is 11.6. The lowest BCUT2D eigenvalue weighted by atomic mass is 9.95. The molecule has 0 aromatic heterocycles. The van der Waals surface area contributed by atoms with E-state index < -0.39 is 23.9 Å². The fraction of sp³-hybridized carbons (Fsp3) is 0.222. The zero-order valence-corrected chi connectivity index (χ0v) is 29.5. The number of esters is 1. The molecule has 13 heteroatoms. The van der Waals surface area contributed by atoms with Crippen molar-refractivity contribution in [1.82, 2.24) is 16.1 Å². The lowest BCUT2D eigenvalue weighted by Crippen LogP contribution is -2.45. The smallest absolute Gasteiger partial charge is 0.338 e. The Morgan fingerprint density at radius 1 is 0.959 bits per heavy atom. The molecule has 254 valence electrons. The van der Waals surface area contributed by atoms with Crippen molar-refractivity contribution in [2.45, 2.75) is 26.5 Å². The topological polar surface area (TPSA) is 146 Å². The number of nitrogens with zero attached hydrogens (tertiary/aromatic N) is 1. The van der Waals surface area contributed by atoms with Crippen LogP contribution in [-0.2, 0) is 20.9 Å². The highest BCUT2D eigenvalue weighted by Gasteiger charge is 2.32. The lowest BCUT2D eigenvalue weighted by Gasteiger charge is -2.28. The first kappa shape index (κ1) is 35.0. The van der Waals surface area contributed by atoms with Crippen molar-refractivity contribution in [3.8, 4) is 23.0 Å². The van der Waals surface area contributed by atoms with Gasteiger partial charge in [0.1, 0.15) is 6.61 Å². The van der Waals surface area contributed by atoms with Crippen LogP contribution in [0.3, 0.4) is 0 Å². The number of hydrogen-bond donors (Lipinski definition) is 3. The number of methoxy groups -OCH3 is 2. The summed E-state index contributed by atoms with van der Waals surface area (Å²) in [5.41, 5.74) is 5.42. The van der Waals surface area contributed by atoms with Gasteiger partial charge < -0.3 is 34.3 Å². The predicted octanol–water partition coefficient (Wildman–Crippen LogP) is 5.76. The molecule has 0 spiro atoms.